The Hall–Kier alpha value is -3.87. The number of rotatable bonds is 6. The third kappa shape index (κ3) is 3.27. The molecule has 0 atom stereocenters. The second-order valence-corrected chi connectivity index (χ2v) is 6.54. The Kier molecular flexibility index (Phi) is 4.87. The Morgan fingerprint density at radius 3 is 2.59 bits per heavy atom. The van der Waals surface area contributed by atoms with E-state index in [0.717, 1.165) is 11.1 Å². The Morgan fingerprint density at radius 2 is 1.86 bits per heavy atom. The lowest BCUT2D eigenvalue weighted by atomic mass is 10.2. The van der Waals surface area contributed by atoms with Crippen molar-refractivity contribution in [3.63, 3.8) is 0 Å². The summed E-state index contributed by atoms with van der Waals surface area (Å²) in [7, 11) is 1.60. The fourth-order valence-electron chi connectivity index (χ4n) is 3.37. The smallest absolute Gasteiger partial charge is 0.257 e. The van der Waals surface area contributed by atoms with Crippen molar-refractivity contribution in [2.45, 2.75) is 13.1 Å². The van der Waals surface area contributed by atoms with Gasteiger partial charge in [0.05, 0.1) is 18.1 Å². The highest BCUT2D eigenvalue weighted by molar-refractivity contribution is 6.10. The zero-order chi connectivity index (χ0) is 20.4. The number of hydrogen-bond acceptors (Lipinski definition) is 5. The monoisotopic (exact) mass is 387 g/mol. The van der Waals surface area contributed by atoms with Gasteiger partial charge in [-0.3, -0.25) is 4.79 Å². The van der Waals surface area contributed by atoms with E-state index in [1.54, 1.807) is 17.8 Å². The number of aromatic nitrogens is 3. The molecular formula is C22H21N5O2. The fourth-order valence-corrected chi connectivity index (χ4v) is 3.37. The molecule has 1 amide bonds. The molecule has 29 heavy (non-hydrogen) atoms. The number of para-hydroxylation sites is 3. The number of hydrogen-bond donors (Lipinski definition) is 2. The van der Waals surface area contributed by atoms with Crippen LogP contribution in [0.15, 0.2) is 61.2 Å². The quantitative estimate of drug-likeness (QED) is 0.495. The first-order valence-corrected chi connectivity index (χ1v) is 9.19. The summed E-state index contributed by atoms with van der Waals surface area (Å²) >= 11 is 0. The fraction of sp³-hybridized carbons (Fsp3) is 0.136. The summed E-state index contributed by atoms with van der Waals surface area (Å²) in [5, 5.41) is 2.92. The van der Waals surface area contributed by atoms with Crippen LogP contribution in [0.5, 0.6) is 5.75 Å². The van der Waals surface area contributed by atoms with E-state index >= 15 is 0 Å². The van der Waals surface area contributed by atoms with Gasteiger partial charge < -0.3 is 20.4 Å². The predicted octanol–water partition coefficient (Wildman–Crippen LogP) is 3.29. The van der Waals surface area contributed by atoms with Crippen molar-refractivity contribution in [2.75, 3.05) is 12.8 Å². The van der Waals surface area contributed by atoms with E-state index in [2.05, 4.69) is 21.9 Å². The normalized spacial score (nSPS) is 10.9. The standard InChI is InChI=1S/C22H21N5O2/c1-3-12-27-20(23)18(19-21(27)26-16-10-6-5-9-15(16)25-19)22(28)24-13-14-8-4-7-11-17(14)29-2/h3-11H,1,12-13,23H2,2H3,(H,24,28). The van der Waals surface area contributed by atoms with E-state index in [4.69, 9.17) is 10.5 Å². The van der Waals surface area contributed by atoms with Crippen LogP contribution in [0.1, 0.15) is 15.9 Å². The molecule has 0 aliphatic carbocycles. The van der Waals surface area contributed by atoms with E-state index in [1.807, 2.05) is 48.5 Å². The Bertz CT molecular complexity index is 1230. The van der Waals surface area contributed by atoms with Crippen molar-refractivity contribution in [1.82, 2.24) is 19.9 Å². The third-order valence-corrected chi connectivity index (χ3v) is 4.76. The summed E-state index contributed by atoms with van der Waals surface area (Å²) in [6.45, 7) is 4.51. The first-order chi connectivity index (χ1) is 14.1. The van der Waals surface area contributed by atoms with E-state index in [-0.39, 0.29) is 5.91 Å². The topological polar surface area (TPSA) is 95.1 Å². The lowest BCUT2D eigenvalue weighted by molar-refractivity contribution is 0.0953. The molecule has 2 aromatic heterocycles. The van der Waals surface area contributed by atoms with Crippen LogP contribution in [0, 0.1) is 0 Å². The molecule has 0 bridgehead atoms. The minimum absolute atomic E-state index is 0.303. The number of amides is 1. The molecule has 0 saturated carbocycles. The van der Waals surface area contributed by atoms with E-state index in [0.29, 0.717) is 46.9 Å². The molecule has 4 aromatic rings. The Labute approximate surface area is 167 Å². The zero-order valence-corrected chi connectivity index (χ0v) is 16.1. The molecule has 0 radical (unpaired) electrons. The molecule has 4 rings (SSSR count). The summed E-state index contributed by atoms with van der Waals surface area (Å²) in [5.41, 5.74) is 10.00. The maximum absolute atomic E-state index is 13.1. The van der Waals surface area contributed by atoms with Gasteiger partial charge in [0.15, 0.2) is 5.65 Å². The molecule has 3 N–H and O–H groups in total. The van der Waals surface area contributed by atoms with Crippen LogP contribution in [0.25, 0.3) is 22.2 Å². The van der Waals surface area contributed by atoms with Crippen LogP contribution in [-0.2, 0) is 13.1 Å². The van der Waals surface area contributed by atoms with Crippen molar-refractivity contribution in [3.05, 3.63) is 72.3 Å². The van der Waals surface area contributed by atoms with E-state index < -0.39 is 0 Å². The van der Waals surface area contributed by atoms with Gasteiger partial charge in [-0.2, -0.15) is 0 Å². The van der Waals surface area contributed by atoms with E-state index in [9.17, 15) is 4.79 Å². The number of nitrogens with one attached hydrogen (secondary N) is 1. The Balaban J connectivity index is 1.77. The van der Waals surface area contributed by atoms with Gasteiger partial charge in [0.25, 0.3) is 5.91 Å². The first kappa shape index (κ1) is 18.5. The zero-order valence-electron chi connectivity index (χ0n) is 16.1. The average Bonchev–Trinajstić information content (AvgIpc) is 3.01. The third-order valence-electron chi connectivity index (χ3n) is 4.76. The van der Waals surface area contributed by atoms with Crippen LogP contribution in [0.3, 0.4) is 0 Å². The minimum atomic E-state index is -0.314. The molecule has 7 nitrogen and oxygen atoms in total. The van der Waals surface area contributed by atoms with Gasteiger partial charge in [0.1, 0.15) is 22.6 Å². The van der Waals surface area contributed by atoms with Crippen LogP contribution in [-0.4, -0.2) is 27.6 Å². The van der Waals surface area contributed by atoms with Crippen LogP contribution in [0.4, 0.5) is 5.82 Å². The predicted molar refractivity (Wildman–Crippen MR) is 114 cm³/mol. The van der Waals surface area contributed by atoms with Crippen molar-refractivity contribution >= 4 is 33.9 Å². The molecule has 0 unspecified atom stereocenters. The van der Waals surface area contributed by atoms with Gasteiger partial charge in [-0.25, -0.2) is 9.97 Å². The van der Waals surface area contributed by atoms with Gasteiger partial charge in [-0.1, -0.05) is 36.4 Å². The van der Waals surface area contributed by atoms with Crippen molar-refractivity contribution in [1.29, 1.82) is 0 Å². The van der Waals surface area contributed by atoms with Gasteiger partial charge in [0, 0.05) is 18.7 Å². The number of fused-ring (bicyclic) bond motifs is 2. The van der Waals surface area contributed by atoms with Gasteiger partial charge >= 0.3 is 0 Å². The average molecular weight is 387 g/mol. The van der Waals surface area contributed by atoms with Gasteiger partial charge in [-0.15, -0.1) is 6.58 Å². The highest BCUT2D eigenvalue weighted by Gasteiger charge is 2.23. The first-order valence-electron chi connectivity index (χ1n) is 9.19. The Morgan fingerprint density at radius 1 is 1.17 bits per heavy atom. The van der Waals surface area contributed by atoms with Gasteiger partial charge in [-0.05, 0) is 18.2 Å². The minimum Gasteiger partial charge on any atom is -0.496 e. The van der Waals surface area contributed by atoms with Crippen LogP contribution >= 0.6 is 0 Å². The molecule has 0 fully saturated rings. The second-order valence-electron chi connectivity index (χ2n) is 6.54. The molecule has 0 aliphatic rings. The second kappa shape index (κ2) is 7.63. The number of nitrogens with zero attached hydrogens (tertiary/aromatic N) is 3. The highest BCUT2D eigenvalue weighted by atomic mass is 16.5. The maximum Gasteiger partial charge on any atom is 0.257 e. The highest BCUT2D eigenvalue weighted by Crippen LogP contribution is 2.28. The molecule has 7 heteroatoms. The summed E-state index contributed by atoms with van der Waals surface area (Å²) in [6.07, 6.45) is 1.71. The summed E-state index contributed by atoms with van der Waals surface area (Å²) in [5.74, 6) is 0.708. The number of nitrogens with two attached hydrogens (primary N) is 1. The molecule has 2 heterocycles. The number of ether oxygens (including phenoxy) is 1. The number of allylic oxidation sites excluding steroid dienone is 1. The SMILES string of the molecule is C=CCn1c(N)c(C(=O)NCc2ccccc2OC)c2nc3ccccc3nc21. The van der Waals surface area contributed by atoms with Crippen LogP contribution in [0.2, 0.25) is 0 Å². The molecule has 146 valence electrons. The number of nitrogen functional groups attached to an aromatic ring is 1. The van der Waals surface area contributed by atoms with Crippen molar-refractivity contribution in [3.8, 4) is 5.75 Å². The molecule has 0 spiro atoms. The molecular weight excluding hydrogens is 366 g/mol. The summed E-state index contributed by atoms with van der Waals surface area (Å²) in [4.78, 5) is 22.4. The van der Waals surface area contributed by atoms with Crippen molar-refractivity contribution < 1.29 is 9.53 Å². The van der Waals surface area contributed by atoms with Crippen LogP contribution < -0.4 is 15.8 Å². The summed E-state index contributed by atoms with van der Waals surface area (Å²) < 4.78 is 7.10. The lowest BCUT2D eigenvalue weighted by Gasteiger charge is -2.09. The number of carbonyl (C=O) groups is 1. The van der Waals surface area contributed by atoms with Crippen molar-refractivity contribution in [2.24, 2.45) is 0 Å². The van der Waals surface area contributed by atoms with Gasteiger partial charge in [0.2, 0.25) is 0 Å². The lowest BCUT2D eigenvalue weighted by Crippen LogP contribution is -2.24. The number of methoxy groups -OCH3 is 1. The molecule has 2 aromatic carbocycles. The largest absolute Gasteiger partial charge is 0.496 e. The molecule has 0 saturated heterocycles. The number of benzene rings is 2. The summed E-state index contributed by atoms with van der Waals surface area (Å²) in [6, 6.07) is 15.0. The van der Waals surface area contributed by atoms with E-state index in [1.165, 1.54) is 0 Å². The number of carbonyl (C=O) groups excluding carboxylic acids is 1. The number of anilines is 1. The maximum atomic E-state index is 13.1. The molecule has 0 aliphatic heterocycles.